The molecule has 3 rings (SSSR count). The Morgan fingerprint density at radius 2 is 1.85 bits per heavy atom. The highest BCUT2D eigenvalue weighted by atomic mass is 79.9. The Kier molecular flexibility index (Phi) is 3.15. The Morgan fingerprint density at radius 3 is 2.55 bits per heavy atom. The Balaban J connectivity index is 1.86. The van der Waals surface area contributed by atoms with Crippen LogP contribution < -0.4 is 10.6 Å². The third-order valence-electron chi connectivity index (χ3n) is 2.79. The van der Waals surface area contributed by atoms with E-state index in [1.165, 1.54) is 23.5 Å². The van der Waals surface area contributed by atoms with Gasteiger partial charge in [-0.1, -0.05) is 0 Å². The van der Waals surface area contributed by atoms with E-state index < -0.39 is 11.8 Å². The van der Waals surface area contributed by atoms with Crippen molar-refractivity contribution in [1.29, 1.82) is 0 Å². The molecule has 20 heavy (non-hydrogen) atoms. The maximum atomic E-state index is 12.0. The smallest absolute Gasteiger partial charge is 0.265 e. The fourth-order valence-corrected chi connectivity index (χ4v) is 3.16. The molecule has 0 radical (unpaired) electrons. The lowest BCUT2D eigenvalue weighted by atomic mass is 10.1. The zero-order valence-electron chi connectivity index (χ0n) is 9.90. The van der Waals surface area contributed by atoms with Crippen LogP contribution in [0.25, 0.3) is 0 Å². The molecule has 0 saturated heterocycles. The normalized spacial score (nSPS) is 13.1. The molecule has 1 aromatic heterocycles. The molecule has 0 aliphatic carbocycles. The van der Waals surface area contributed by atoms with Crippen LogP contribution in [0.5, 0.6) is 0 Å². The minimum atomic E-state index is -0.444. The Morgan fingerprint density at radius 1 is 1.10 bits per heavy atom. The molecular formula is C13H7BrN2O3S. The van der Waals surface area contributed by atoms with E-state index in [4.69, 9.17) is 0 Å². The summed E-state index contributed by atoms with van der Waals surface area (Å²) in [4.78, 5) is 35.5. The first-order chi connectivity index (χ1) is 9.54. The zero-order valence-corrected chi connectivity index (χ0v) is 12.3. The van der Waals surface area contributed by atoms with Gasteiger partial charge in [-0.3, -0.25) is 19.7 Å². The average Bonchev–Trinajstić information content (AvgIpc) is 2.95. The lowest BCUT2D eigenvalue weighted by molar-refractivity contribution is 0.0878. The fraction of sp³-hybridized carbons (Fsp3) is 0. The highest BCUT2D eigenvalue weighted by molar-refractivity contribution is 9.11. The molecule has 1 aliphatic heterocycles. The number of hydrogen-bond acceptors (Lipinski definition) is 4. The lowest BCUT2D eigenvalue weighted by Crippen LogP contribution is -2.19. The van der Waals surface area contributed by atoms with E-state index in [9.17, 15) is 14.4 Å². The van der Waals surface area contributed by atoms with Crippen LogP contribution in [-0.2, 0) is 0 Å². The monoisotopic (exact) mass is 350 g/mol. The summed E-state index contributed by atoms with van der Waals surface area (Å²) in [6.45, 7) is 0. The molecule has 0 spiro atoms. The maximum absolute atomic E-state index is 12.0. The molecule has 1 aromatic carbocycles. The second-order valence-electron chi connectivity index (χ2n) is 4.10. The molecule has 2 N–H and O–H groups in total. The molecule has 0 fully saturated rings. The van der Waals surface area contributed by atoms with Crippen molar-refractivity contribution < 1.29 is 14.4 Å². The van der Waals surface area contributed by atoms with Crippen molar-refractivity contribution in [2.45, 2.75) is 0 Å². The molecule has 1 aliphatic rings. The summed E-state index contributed by atoms with van der Waals surface area (Å²) in [6, 6.07) is 8.10. The highest BCUT2D eigenvalue weighted by Crippen LogP contribution is 2.24. The standard InChI is InChI=1S/C13H7BrN2O3S/c14-10-4-3-9(20-10)13(19)15-6-1-2-7-8(5-6)12(18)16-11(7)17/h1-5H,(H,15,19)(H,16,17,18). The molecule has 5 nitrogen and oxygen atoms in total. The first kappa shape index (κ1) is 13.0. The van der Waals surface area contributed by atoms with Gasteiger partial charge in [0.25, 0.3) is 17.7 Å². The van der Waals surface area contributed by atoms with Crippen molar-refractivity contribution in [3.63, 3.8) is 0 Å². The highest BCUT2D eigenvalue weighted by Gasteiger charge is 2.26. The predicted octanol–water partition coefficient (Wildman–Crippen LogP) is 2.65. The molecule has 2 heterocycles. The summed E-state index contributed by atoms with van der Waals surface area (Å²) in [5, 5.41) is 4.90. The molecule has 3 amide bonds. The number of carbonyl (C=O) groups is 3. The maximum Gasteiger partial charge on any atom is 0.265 e. The number of imide groups is 1. The van der Waals surface area contributed by atoms with E-state index in [-0.39, 0.29) is 11.5 Å². The Bertz CT molecular complexity index is 754. The van der Waals surface area contributed by atoms with Gasteiger partial charge in [0.2, 0.25) is 0 Å². The third kappa shape index (κ3) is 2.25. The van der Waals surface area contributed by atoms with Crippen LogP contribution >= 0.6 is 27.3 Å². The van der Waals surface area contributed by atoms with Crippen LogP contribution in [0.15, 0.2) is 34.1 Å². The largest absolute Gasteiger partial charge is 0.321 e. The summed E-state index contributed by atoms with van der Waals surface area (Å²) >= 11 is 4.60. The molecule has 0 saturated carbocycles. The second kappa shape index (κ2) is 4.84. The summed E-state index contributed by atoms with van der Waals surface area (Å²) in [5.74, 6) is -1.12. The number of thiophene rings is 1. The summed E-state index contributed by atoms with van der Waals surface area (Å²) in [5.41, 5.74) is 1.08. The summed E-state index contributed by atoms with van der Waals surface area (Å²) < 4.78 is 0.863. The van der Waals surface area contributed by atoms with E-state index in [2.05, 4.69) is 26.6 Å². The molecule has 0 atom stereocenters. The van der Waals surface area contributed by atoms with E-state index in [1.807, 2.05) is 0 Å². The van der Waals surface area contributed by atoms with Gasteiger partial charge in [0.1, 0.15) is 0 Å². The topological polar surface area (TPSA) is 75.3 Å². The first-order valence-corrected chi connectivity index (χ1v) is 7.22. The number of carbonyl (C=O) groups excluding carboxylic acids is 3. The number of anilines is 1. The van der Waals surface area contributed by atoms with Gasteiger partial charge in [0.15, 0.2) is 0 Å². The minimum absolute atomic E-state index is 0.259. The second-order valence-corrected chi connectivity index (χ2v) is 6.56. The van der Waals surface area contributed by atoms with Gasteiger partial charge in [0, 0.05) is 5.69 Å². The van der Waals surface area contributed by atoms with Crippen molar-refractivity contribution in [2.75, 3.05) is 5.32 Å². The van der Waals surface area contributed by atoms with E-state index >= 15 is 0 Å². The van der Waals surface area contributed by atoms with Crippen LogP contribution in [0.4, 0.5) is 5.69 Å². The van der Waals surface area contributed by atoms with Crippen molar-refractivity contribution in [3.05, 3.63) is 50.1 Å². The number of amides is 3. The van der Waals surface area contributed by atoms with Gasteiger partial charge < -0.3 is 5.32 Å². The van der Waals surface area contributed by atoms with E-state index in [1.54, 1.807) is 18.2 Å². The van der Waals surface area contributed by atoms with Gasteiger partial charge in [0.05, 0.1) is 19.8 Å². The minimum Gasteiger partial charge on any atom is -0.321 e. The van der Waals surface area contributed by atoms with Crippen LogP contribution in [0, 0.1) is 0 Å². The van der Waals surface area contributed by atoms with Gasteiger partial charge in [-0.2, -0.15) is 0 Å². The predicted molar refractivity (Wildman–Crippen MR) is 78.2 cm³/mol. The number of rotatable bonds is 2. The Hall–Kier alpha value is -1.99. The van der Waals surface area contributed by atoms with Gasteiger partial charge in [-0.05, 0) is 46.3 Å². The average molecular weight is 351 g/mol. The summed E-state index contributed by atoms with van der Waals surface area (Å²) in [7, 11) is 0. The van der Waals surface area contributed by atoms with Crippen molar-refractivity contribution >= 4 is 50.7 Å². The third-order valence-corrected chi connectivity index (χ3v) is 4.41. The van der Waals surface area contributed by atoms with E-state index in [0.29, 0.717) is 16.1 Å². The quantitative estimate of drug-likeness (QED) is 0.817. The molecule has 7 heteroatoms. The molecule has 0 unspecified atom stereocenters. The van der Waals surface area contributed by atoms with Gasteiger partial charge >= 0.3 is 0 Å². The molecule has 100 valence electrons. The lowest BCUT2D eigenvalue weighted by Gasteiger charge is -2.04. The van der Waals surface area contributed by atoms with Crippen LogP contribution in [0.3, 0.4) is 0 Å². The molecule has 2 aromatic rings. The van der Waals surface area contributed by atoms with Crippen LogP contribution in [0.1, 0.15) is 30.4 Å². The number of benzene rings is 1. The number of halogens is 1. The number of fused-ring (bicyclic) bond motifs is 1. The number of hydrogen-bond donors (Lipinski definition) is 2. The van der Waals surface area contributed by atoms with Crippen molar-refractivity contribution in [2.24, 2.45) is 0 Å². The first-order valence-electron chi connectivity index (χ1n) is 5.61. The zero-order chi connectivity index (χ0) is 14.3. The van der Waals surface area contributed by atoms with Gasteiger partial charge in [-0.25, -0.2) is 0 Å². The van der Waals surface area contributed by atoms with Gasteiger partial charge in [-0.15, -0.1) is 11.3 Å². The van der Waals surface area contributed by atoms with Crippen LogP contribution in [0.2, 0.25) is 0 Å². The van der Waals surface area contributed by atoms with E-state index in [0.717, 1.165) is 3.79 Å². The summed E-state index contributed by atoms with van der Waals surface area (Å²) in [6.07, 6.45) is 0. The number of nitrogens with one attached hydrogen (secondary N) is 2. The molecular weight excluding hydrogens is 344 g/mol. The van der Waals surface area contributed by atoms with Crippen molar-refractivity contribution in [1.82, 2.24) is 5.32 Å². The van der Waals surface area contributed by atoms with Crippen LogP contribution in [-0.4, -0.2) is 17.7 Å². The van der Waals surface area contributed by atoms with Crippen molar-refractivity contribution in [3.8, 4) is 0 Å². The fourth-order valence-electron chi connectivity index (χ4n) is 1.87. The Labute approximate surface area is 126 Å². The SMILES string of the molecule is O=C(Nc1ccc2c(c1)C(=O)NC2=O)c1ccc(Br)s1. The molecule has 0 bridgehead atoms.